The Labute approximate surface area is 106 Å². The predicted octanol–water partition coefficient (Wildman–Crippen LogP) is 3.19. The molecule has 0 bridgehead atoms. The van der Waals surface area contributed by atoms with E-state index in [-0.39, 0.29) is 11.8 Å². The van der Waals surface area contributed by atoms with Crippen LogP contribution in [0.25, 0.3) is 0 Å². The van der Waals surface area contributed by atoms with E-state index in [2.05, 4.69) is 13.8 Å². The van der Waals surface area contributed by atoms with Gasteiger partial charge >= 0.3 is 5.97 Å². The predicted molar refractivity (Wildman–Crippen MR) is 67.4 cm³/mol. The van der Waals surface area contributed by atoms with E-state index in [1.807, 2.05) is 6.92 Å². The molecule has 1 aromatic carbocycles. The fraction of sp³-hybridized carbons (Fsp3) is 0.462. The summed E-state index contributed by atoms with van der Waals surface area (Å²) in [5.41, 5.74) is 0.290. The highest BCUT2D eigenvalue weighted by molar-refractivity contribution is 5.89. The molecule has 98 valence electrons. The van der Waals surface area contributed by atoms with E-state index in [1.54, 1.807) is 0 Å². The van der Waals surface area contributed by atoms with E-state index in [0.29, 0.717) is 11.5 Å². The summed E-state index contributed by atoms with van der Waals surface area (Å²) < 4.78 is 5.24. The zero-order valence-corrected chi connectivity index (χ0v) is 10.8. The molecule has 0 spiro atoms. The largest absolute Gasteiger partial charge is 0.459 e. The summed E-state index contributed by atoms with van der Waals surface area (Å²) in [5.74, 6) is 0.00251. The Kier molecular flexibility index (Phi) is 4.83. The number of benzene rings is 1. The number of hydrogen-bond acceptors (Lipinski definition) is 4. The van der Waals surface area contributed by atoms with Gasteiger partial charge in [0.2, 0.25) is 0 Å². The quantitative estimate of drug-likeness (QED) is 0.458. The molecule has 5 heteroatoms. The first kappa shape index (κ1) is 14.2. The smallest absolute Gasteiger partial charge is 0.338 e. The molecular weight excluding hydrogens is 234 g/mol. The minimum Gasteiger partial charge on any atom is -0.459 e. The molecule has 1 atom stereocenters. The summed E-state index contributed by atoms with van der Waals surface area (Å²) in [7, 11) is 0. The number of hydrogen-bond donors (Lipinski definition) is 0. The Morgan fingerprint density at radius 3 is 2.28 bits per heavy atom. The van der Waals surface area contributed by atoms with E-state index < -0.39 is 10.9 Å². The van der Waals surface area contributed by atoms with Crippen LogP contribution in [-0.4, -0.2) is 17.0 Å². The normalized spacial score (nSPS) is 12.2. The first-order chi connectivity index (χ1) is 8.40. The Bertz CT molecular complexity index is 425. The van der Waals surface area contributed by atoms with Gasteiger partial charge in [-0.25, -0.2) is 4.79 Å². The van der Waals surface area contributed by atoms with Gasteiger partial charge in [0, 0.05) is 12.1 Å². The van der Waals surface area contributed by atoms with E-state index in [9.17, 15) is 14.9 Å². The van der Waals surface area contributed by atoms with Crippen LogP contribution in [0.4, 0.5) is 5.69 Å². The number of esters is 1. The van der Waals surface area contributed by atoms with Gasteiger partial charge in [-0.1, -0.05) is 13.8 Å². The van der Waals surface area contributed by atoms with Crippen LogP contribution < -0.4 is 0 Å². The molecule has 5 nitrogen and oxygen atoms in total. The lowest BCUT2D eigenvalue weighted by atomic mass is 10.1. The summed E-state index contributed by atoms with van der Waals surface area (Å²) >= 11 is 0. The number of ether oxygens (including phenoxy) is 1. The highest BCUT2D eigenvalue weighted by Crippen LogP contribution is 2.14. The Balaban J connectivity index is 2.64. The third kappa shape index (κ3) is 4.16. The third-order valence-electron chi connectivity index (χ3n) is 2.43. The number of rotatable bonds is 5. The monoisotopic (exact) mass is 251 g/mol. The van der Waals surface area contributed by atoms with Crippen LogP contribution in [0.5, 0.6) is 0 Å². The second-order valence-corrected chi connectivity index (χ2v) is 4.65. The maximum atomic E-state index is 11.7. The van der Waals surface area contributed by atoms with Crippen molar-refractivity contribution in [3.63, 3.8) is 0 Å². The molecule has 1 unspecified atom stereocenters. The van der Waals surface area contributed by atoms with Crippen molar-refractivity contribution >= 4 is 11.7 Å². The van der Waals surface area contributed by atoms with Gasteiger partial charge in [-0.15, -0.1) is 0 Å². The first-order valence-corrected chi connectivity index (χ1v) is 5.85. The molecule has 0 saturated carbocycles. The number of non-ortho nitro benzene ring substituents is 1. The standard InChI is InChI=1S/C13H17NO4/c1-9(2)8-10(3)18-13(15)11-4-6-12(7-5-11)14(16)17/h4-7,9-10H,8H2,1-3H3. The second-order valence-electron chi connectivity index (χ2n) is 4.65. The van der Waals surface area contributed by atoms with Crippen molar-refractivity contribution in [3.8, 4) is 0 Å². The van der Waals surface area contributed by atoms with Gasteiger partial charge in [0.1, 0.15) is 0 Å². The molecular formula is C13H17NO4. The number of nitrogens with zero attached hydrogens (tertiary/aromatic N) is 1. The lowest BCUT2D eigenvalue weighted by molar-refractivity contribution is -0.384. The Morgan fingerprint density at radius 1 is 1.28 bits per heavy atom. The topological polar surface area (TPSA) is 69.4 Å². The molecule has 18 heavy (non-hydrogen) atoms. The van der Waals surface area contributed by atoms with E-state index in [1.165, 1.54) is 24.3 Å². The van der Waals surface area contributed by atoms with Crippen molar-refractivity contribution in [3.05, 3.63) is 39.9 Å². The molecule has 0 aliphatic rings. The summed E-state index contributed by atoms with van der Waals surface area (Å²) in [5, 5.41) is 10.5. The molecule has 1 aromatic rings. The van der Waals surface area contributed by atoms with E-state index >= 15 is 0 Å². The van der Waals surface area contributed by atoms with Crippen LogP contribution >= 0.6 is 0 Å². The number of carbonyl (C=O) groups excluding carboxylic acids is 1. The van der Waals surface area contributed by atoms with Gasteiger partial charge < -0.3 is 4.74 Å². The SMILES string of the molecule is CC(C)CC(C)OC(=O)c1ccc([N+](=O)[O-])cc1. The minimum absolute atomic E-state index is 0.0400. The van der Waals surface area contributed by atoms with Crippen LogP contribution in [0, 0.1) is 16.0 Å². The van der Waals surface area contributed by atoms with Crippen molar-refractivity contribution in [1.29, 1.82) is 0 Å². The fourth-order valence-electron chi connectivity index (χ4n) is 1.68. The van der Waals surface area contributed by atoms with E-state index in [4.69, 9.17) is 4.74 Å². The Hall–Kier alpha value is -1.91. The van der Waals surface area contributed by atoms with Crippen molar-refractivity contribution < 1.29 is 14.5 Å². The van der Waals surface area contributed by atoms with Crippen molar-refractivity contribution in [1.82, 2.24) is 0 Å². The van der Waals surface area contributed by atoms with Crippen LogP contribution in [0.2, 0.25) is 0 Å². The first-order valence-electron chi connectivity index (χ1n) is 5.85. The molecule has 0 radical (unpaired) electrons. The third-order valence-corrected chi connectivity index (χ3v) is 2.43. The molecule has 0 amide bonds. The molecule has 1 rings (SSSR count). The van der Waals surface area contributed by atoms with Crippen LogP contribution in [0.1, 0.15) is 37.6 Å². The van der Waals surface area contributed by atoms with Gasteiger partial charge in [0.15, 0.2) is 0 Å². The highest BCUT2D eigenvalue weighted by atomic mass is 16.6. The summed E-state index contributed by atoms with van der Waals surface area (Å²) in [6.07, 6.45) is 0.631. The molecule has 0 fully saturated rings. The zero-order valence-electron chi connectivity index (χ0n) is 10.8. The van der Waals surface area contributed by atoms with Gasteiger partial charge in [0.25, 0.3) is 5.69 Å². The molecule has 0 aromatic heterocycles. The lowest BCUT2D eigenvalue weighted by Gasteiger charge is -2.15. The summed E-state index contributed by atoms with van der Waals surface area (Å²) in [6, 6.07) is 5.40. The summed E-state index contributed by atoms with van der Waals surface area (Å²) in [6.45, 7) is 5.94. The maximum Gasteiger partial charge on any atom is 0.338 e. The number of nitro benzene ring substituents is 1. The van der Waals surface area contributed by atoms with Gasteiger partial charge in [-0.3, -0.25) is 10.1 Å². The van der Waals surface area contributed by atoms with Crippen LogP contribution in [0.15, 0.2) is 24.3 Å². The van der Waals surface area contributed by atoms with Crippen molar-refractivity contribution in [2.75, 3.05) is 0 Å². The van der Waals surface area contributed by atoms with Crippen molar-refractivity contribution in [2.24, 2.45) is 5.92 Å². The van der Waals surface area contributed by atoms with Gasteiger partial charge in [0.05, 0.1) is 16.6 Å². The molecule has 0 saturated heterocycles. The maximum absolute atomic E-state index is 11.7. The zero-order chi connectivity index (χ0) is 13.7. The van der Waals surface area contributed by atoms with Crippen LogP contribution in [-0.2, 0) is 4.74 Å². The minimum atomic E-state index is -0.503. The highest BCUT2D eigenvalue weighted by Gasteiger charge is 2.14. The average molecular weight is 251 g/mol. The second kappa shape index (κ2) is 6.14. The number of nitro groups is 1. The van der Waals surface area contributed by atoms with Crippen LogP contribution in [0.3, 0.4) is 0 Å². The average Bonchev–Trinajstić information content (AvgIpc) is 2.27. The lowest BCUT2D eigenvalue weighted by Crippen LogP contribution is -2.16. The van der Waals surface area contributed by atoms with Gasteiger partial charge in [-0.05, 0) is 31.4 Å². The Morgan fingerprint density at radius 2 is 1.83 bits per heavy atom. The van der Waals surface area contributed by atoms with Gasteiger partial charge in [-0.2, -0.15) is 0 Å². The fourth-order valence-corrected chi connectivity index (χ4v) is 1.68. The number of carbonyl (C=O) groups is 1. The molecule has 0 heterocycles. The molecule has 0 aliphatic heterocycles. The molecule has 0 aliphatic carbocycles. The summed E-state index contributed by atoms with van der Waals surface area (Å²) in [4.78, 5) is 21.7. The molecule has 0 N–H and O–H groups in total. The van der Waals surface area contributed by atoms with E-state index in [0.717, 1.165) is 6.42 Å². The van der Waals surface area contributed by atoms with Crippen molar-refractivity contribution in [2.45, 2.75) is 33.3 Å².